The smallest absolute Gasteiger partial charge is 0.335 e. The van der Waals surface area contributed by atoms with Gasteiger partial charge in [0, 0.05) is 0 Å². The predicted octanol–water partition coefficient (Wildman–Crippen LogP) is 0.0429. The quantitative estimate of drug-likeness (QED) is 0.493. The number of carbonyl (C=O) groups is 3. The molecule has 0 aliphatic rings. The topological polar surface area (TPSA) is 99.1 Å². The first kappa shape index (κ1) is 17.4. The monoisotopic (exact) mass is 276 g/mol. The minimum atomic E-state index is -1.75. The van der Waals surface area contributed by atoms with Crippen molar-refractivity contribution in [3.8, 4) is 0 Å². The molecule has 0 amide bonds. The van der Waals surface area contributed by atoms with E-state index in [0.717, 1.165) is 0 Å². The predicted molar refractivity (Wildman–Crippen MR) is 64.0 cm³/mol. The first-order valence-electron chi connectivity index (χ1n) is 6.14. The number of rotatable bonds is 8. The Kier molecular flexibility index (Phi) is 8.52. The summed E-state index contributed by atoms with van der Waals surface area (Å²) in [5, 5.41) is 9.74. The normalized spacial score (nSPS) is 13.3. The molecule has 0 aliphatic heterocycles. The largest absolute Gasteiger partial charge is 0.466 e. The molecular weight excluding hydrogens is 256 g/mol. The van der Waals surface area contributed by atoms with Crippen molar-refractivity contribution in [3.05, 3.63) is 0 Å². The van der Waals surface area contributed by atoms with E-state index in [1.54, 1.807) is 20.8 Å². The molecule has 19 heavy (non-hydrogen) atoms. The summed E-state index contributed by atoms with van der Waals surface area (Å²) in [7, 11) is 0. The molecular formula is C12H20O7. The van der Waals surface area contributed by atoms with Gasteiger partial charge in [0.1, 0.15) is 5.92 Å². The van der Waals surface area contributed by atoms with Crippen molar-refractivity contribution >= 4 is 17.9 Å². The van der Waals surface area contributed by atoms with Crippen LogP contribution in [0.2, 0.25) is 0 Å². The number of esters is 3. The Morgan fingerprint density at radius 2 is 1.37 bits per heavy atom. The fraction of sp³-hybridized carbons (Fsp3) is 0.750. The first-order valence-corrected chi connectivity index (χ1v) is 6.14. The SMILES string of the molecule is CCOC(=O)C[C@@H](C(=O)OCC)[C@H](O)C(=O)OCC. The highest BCUT2D eigenvalue weighted by atomic mass is 16.6. The zero-order chi connectivity index (χ0) is 14.8. The van der Waals surface area contributed by atoms with E-state index in [0.29, 0.717) is 0 Å². The zero-order valence-corrected chi connectivity index (χ0v) is 11.4. The molecule has 0 rings (SSSR count). The van der Waals surface area contributed by atoms with Crippen molar-refractivity contribution in [2.24, 2.45) is 5.92 Å². The van der Waals surface area contributed by atoms with Gasteiger partial charge in [-0.05, 0) is 20.8 Å². The summed E-state index contributed by atoms with van der Waals surface area (Å²) in [5.41, 5.74) is 0. The number of ether oxygens (including phenoxy) is 3. The van der Waals surface area contributed by atoms with E-state index in [1.807, 2.05) is 0 Å². The Balaban J connectivity index is 4.79. The molecule has 1 N–H and O–H groups in total. The minimum Gasteiger partial charge on any atom is -0.466 e. The van der Waals surface area contributed by atoms with Gasteiger partial charge < -0.3 is 19.3 Å². The molecule has 0 spiro atoms. The van der Waals surface area contributed by atoms with E-state index in [9.17, 15) is 19.5 Å². The lowest BCUT2D eigenvalue weighted by Gasteiger charge is -2.19. The molecule has 0 radical (unpaired) electrons. The summed E-state index contributed by atoms with van der Waals surface area (Å²) in [6.45, 7) is 5.03. The van der Waals surface area contributed by atoms with Crippen molar-refractivity contribution in [1.82, 2.24) is 0 Å². The van der Waals surface area contributed by atoms with Crippen LogP contribution < -0.4 is 0 Å². The Morgan fingerprint density at radius 3 is 1.84 bits per heavy atom. The lowest BCUT2D eigenvalue weighted by molar-refractivity contribution is -0.169. The summed E-state index contributed by atoms with van der Waals surface area (Å²) in [5.74, 6) is -3.82. The minimum absolute atomic E-state index is 0.0604. The van der Waals surface area contributed by atoms with Gasteiger partial charge in [0.2, 0.25) is 0 Å². The van der Waals surface area contributed by atoms with Gasteiger partial charge in [0.05, 0.1) is 26.2 Å². The molecule has 0 aromatic rings. The Hall–Kier alpha value is -1.63. The summed E-state index contributed by atoms with van der Waals surface area (Å²) < 4.78 is 14.0. The third-order valence-corrected chi connectivity index (χ3v) is 2.19. The van der Waals surface area contributed by atoms with Gasteiger partial charge in [-0.2, -0.15) is 0 Å². The van der Waals surface area contributed by atoms with Crippen LogP contribution in [0.1, 0.15) is 27.2 Å². The molecule has 0 saturated carbocycles. The van der Waals surface area contributed by atoms with Gasteiger partial charge >= 0.3 is 17.9 Å². The third kappa shape index (κ3) is 6.19. The van der Waals surface area contributed by atoms with Crippen LogP contribution in [0.25, 0.3) is 0 Å². The second kappa shape index (κ2) is 9.32. The van der Waals surface area contributed by atoms with E-state index in [1.165, 1.54) is 0 Å². The molecule has 0 aliphatic carbocycles. The van der Waals surface area contributed by atoms with Crippen LogP contribution in [0.15, 0.2) is 0 Å². The number of aliphatic hydroxyl groups is 1. The van der Waals surface area contributed by atoms with Crippen molar-refractivity contribution in [1.29, 1.82) is 0 Å². The molecule has 7 nitrogen and oxygen atoms in total. The summed E-state index contributed by atoms with van der Waals surface area (Å²) in [4.78, 5) is 34.4. The molecule has 2 atom stereocenters. The maximum absolute atomic E-state index is 11.6. The molecule has 7 heteroatoms. The van der Waals surface area contributed by atoms with E-state index in [-0.39, 0.29) is 19.8 Å². The average Bonchev–Trinajstić information content (AvgIpc) is 2.36. The number of hydrogen-bond donors (Lipinski definition) is 1. The van der Waals surface area contributed by atoms with Gasteiger partial charge in [-0.15, -0.1) is 0 Å². The number of aliphatic hydroxyl groups excluding tert-OH is 1. The van der Waals surface area contributed by atoms with E-state index in [4.69, 9.17) is 4.74 Å². The second-order valence-electron chi connectivity index (χ2n) is 3.56. The standard InChI is InChI=1S/C12H20O7/c1-4-17-9(13)7-8(11(15)18-5-2)10(14)12(16)19-6-3/h8,10,14H,4-7H2,1-3H3/t8-,10+/m1/s1. The van der Waals surface area contributed by atoms with Gasteiger partial charge in [-0.3, -0.25) is 9.59 Å². The van der Waals surface area contributed by atoms with Crippen LogP contribution >= 0.6 is 0 Å². The van der Waals surface area contributed by atoms with Gasteiger partial charge in [0.25, 0.3) is 0 Å². The molecule has 0 saturated heterocycles. The van der Waals surface area contributed by atoms with Crippen molar-refractivity contribution < 1.29 is 33.7 Å². The van der Waals surface area contributed by atoms with Crippen LogP contribution in [0.4, 0.5) is 0 Å². The molecule has 0 aromatic carbocycles. The highest BCUT2D eigenvalue weighted by Gasteiger charge is 2.36. The van der Waals surface area contributed by atoms with E-state index >= 15 is 0 Å². The first-order chi connectivity index (χ1) is 8.97. The average molecular weight is 276 g/mol. The fourth-order valence-corrected chi connectivity index (χ4v) is 1.36. The van der Waals surface area contributed by atoms with Crippen molar-refractivity contribution in [2.75, 3.05) is 19.8 Å². The highest BCUT2D eigenvalue weighted by Crippen LogP contribution is 2.14. The van der Waals surface area contributed by atoms with Gasteiger partial charge in [-0.1, -0.05) is 0 Å². The van der Waals surface area contributed by atoms with Crippen molar-refractivity contribution in [3.63, 3.8) is 0 Å². The second-order valence-corrected chi connectivity index (χ2v) is 3.56. The molecule has 0 bridgehead atoms. The summed E-state index contributed by atoms with van der Waals surface area (Å²) >= 11 is 0. The van der Waals surface area contributed by atoms with Crippen LogP contribution in [0.5, 0.6) is 0 Å². The van der Waals surface area contributed by atoms with Crippen molar-refractivity contribution in [2.45, 2.75) is 33.3 Å². The lowest BCUT2D eigenvalue weighted by atomic mass is 9.98. The van der Waals surface area contributed by atoms with Crippen LogP contribution in [-0.2, 0) is 28.6 Å². The summed E-state index contributed by atoms with van der Waals surface area (Å²) in [6, 6.07) is 0. The Bertz CT molecular complexity index is 313. The van der Waals surface area contributed by atoms with Crippen LogP contribution in [-0.4, -0.2) is 48.9 Å². The Morgan fingerprint density at radius 1 is 0.895 bits per heavy atom. The molecule has 0 heterocycles. The molecule has 110 valence electrons. The third-order valence-electron chi connectivity index (χ3n) is 2.19. The number of carbonyl (C=O) groups excluding carboxylic acids is 3. The highest BCUT2D eigenvalue weighted by molar-refractivity contribution is 5.87. The number of hydrogen-bond acceptors (Lipinski definition) is 7. The summed E-state index contributed by atoms with van der Waals surface area (Å²) in [6.07, 6.45) is -2.18. The van der Waals surface area contributed by atoms with Gasteiger partial charge in [-0.25, -0.2) is 4.79 Å². The fourth-order valence-electron chi connectivity index (χ4n) is 1.36. The van der Waals surface area contributed by atoms with Crippen LogP contribution in [0.3, 0.4) is 0 Å². The molecule has 0 aromatic heterocycles. The van der Waals surface area contributed by atoms with Gasteiger partial charge in [0.15, 0.2) is 6.10 Å². The van der Waals surface area contributed by atoms with Crippen LogP contribution in [0, 0.1) is 5.92 Å². The van der Waals surface area contributed by atoms with E-state index < -0.39 is 36.4 Å². The van der Waals surface area contributed by atoms with E-state index in [2.05, 4.69) is 9.47 Å². The Labute approximate surface area is 111 Å². The molecule has 0 fully saturated rings. The zero-order valence-electron chi connectivity index (χ0n) is 11.4. The maximum atomic E-state index is 11.6. The lowest BCUT2D eigenvalue weighted by Crippen LogP contribution is -2.38. The maximum Gasteiger partial charge on any atom is 0.335 e. The molecule has 0 unspecified atom stereocenters.